The van der Waals surface area contributed by atoms with Crippen molar-refractivity contribution in [1.82, 2.24) is 19.1 Å². The molecule has 1 aromatic carbocycles. The highest BCUT2D eigenvalue weighted by Crippen LogP contribution is 2.50. The third-order valence-corrected chi connectivity index (χ3v) is 7.46. The Kier molecular flexibility index (Phi) is 6.02. The maximum absolute atomic E-state index is 14.3. The summed E-state index contributed by atoms with van der Waals surface area (Å²) in [6.07, 6.45) is -0.707. The van der Waals surface area contributed by atoms with Gasteiger partial charge in [0.05, 0.1) is 6.61 Å². The maximum Gasteiger partial charge on any atom is 0.417 e. The van der Waals surface area contributed by atoms with E-state index >= 15 is 0 Å². The number of alkyl halides is 3. The second-order valence-corrected chi connectivity index (χ2v) is 9.53. The van der Waals surface area contributed by atoms with Gasteiger partial charge in [0.15, 0.2) is 11.2 Å². The zero-order valence-corrected chi connectivity index (χ0v) is 19.2. The van der Waals surface area contributed by atoms with Crippen LogP contribution in [-0.2, 0) is 17.9 Å². The minimum absolute atomic E-state index is 0.0393. The van der Waals surface area contributed by atoms with Gasteiger partial charge < -0.3 is 4.74 Å². The molecule has 0 saturated carbocycles. The number of nitrogens with zero attached hydrogens (tertiary/aromatic N) is 4. The van der Waals surface area contributed by atoms with Crippen LogP contribution in [0.3, 0.4) is 0 Å². The summed E-state index contributed by atoms with van der Waals surface area (Å²) in [6.45, 7) is 2.92. The number of hydrogen-bond acceptors (Lipinski definition) is 4. The lowest BCUT2D eigenvalue weighted by atomic mass is 9.84. The molecule has 2 saturated heterocycles. The van der Waals surface area contributed by atoms with Crippen molar-refractivity contribution in [1.29, 1.82) is 0 Å². The fraction of sp³-hybridized carbons (Fsp3) is 0.520. The van der Waals surface area contributed by atoms with Crippen molar-refractivity contribution < 1.29 is 17.9 Å². The van der Waals surface area contributed by atoms with Crippen LogP contribution in [0.15, 0.2) is 53.5 Å². The van der Waals surface area contributed by atoms with E-state index in [0.717, 1.165) is 24.0 Å². The van der Waals surface area contributed by atoms with E-state index < -0.39 is 11.8 Å². The van der Waals surface area contributed by atoms with Gasteiger partial charge in [-0.1, -0.05) is 30.3 Å². The largest absolute Gasteiger partial charge is 0.417 e. The zero-order valence-electron chi connectivity index (χ0n) is 19.2. The van der Waals surface area contributed by atoms with E-state index in [-0.39, 0.29) is 37.2 Å². The van der Waals surface area contributed by atoms with Crippen LogP contribution in [-0.4, -0.2) is 49.5 Å². The van der Waals surface area contributed by atoms with Crippen LogP contribution >= 0.6 is 0 Å². The number of aryl methyl sites for hydroxylation is 2. The fourth-order valence-electron chi connectivity index (χ4n) is 5.60. The zero-order chi connectivity index (χ0) is 23.9. The number of pyridine rings is 1. The lowest BCUT2D eigenvalue weighted by Gasteiger charge is -2.47. The minimum Gasteiger partial charge on any atom is -0.361 e. The molecule has 6 nitrogen and oxygen atoms in total. The van der Waals surface area contributed by atoms with E-state index in [1.807, 2.05) is 37.3 Å². The van der Waals surface area contributed by atoms with E-state index in [0.29, 0.717) is 25.2 Å². The van der Waals surface area contributed by atoms with E-state index in [2.05, 4.69) is 10.00 Å². The molecular formula is C25H29F3N4O2. The molecule has 2 bridgehead atoms. The predicted octanol–water partition coefficient (Wildman–Crippen LogP) is 4.34. The number of ether oxygens (including phenoxy) is 1. The minimum atomic E-state index is -4.42. The second kappa shape index (κ2) is 8.85. The summed E-state index contributed by atoms with van der Waals surface area (Å²) in [7, 11) is 0. The van der Waals surface area contributed by atoms with E-state index in [1.165, 1.54) is 9.08 Å². The van der Waals surface area contributed by atoms with E-state index in [1.54, 1.807) is 18.3 Å². The van der Waals surface area contributed by atoms with Gasteiger partial charge in [0.1, 0.15) is 0 Å². The monoisotopic (exact) mass is 474 g/mol. The molecule has 3 aromatic rings. The topological polar surface area (TPSA) is 51.8 Å². The summed E-state index contributed by atoms with van der Waals surface area (Å²) >= 11 is 0. The van der Waals surface area contributed by atoms with Gasteiger partial charge in [0.2, 0.25) is 0 Å². The molecule has 9 heteroatoms. The average molecular weight is 475 g/mol. The number of aromatic nitrogens is 3. The van der Waals surface area contributed by atoms with Crippen molar-refractivity contribution in [3.63, 3.8) is 0 Å². The summed E-state index contributed by atoms with van der Waals surface area (Å²) in [5.41, 5.74) is 0.00121. The number of piperidine rings is 1. The molecule has 2 aliphatic heterocycles. The Balaban J connectivity index is 1.25. The van der Waals surface area contributed by atoms with Crippen molar-refractivity contribution in [3.05, 3.63) is 70.3 Å². The Bertz CT molecular complexity index is 1200. The first-order valence-electron chi connectivity index (χ1n) is 11.8. The molecule has 0 radical (unpaired) electrons. The first kappa shape index (κ1) is 23.1. The quantitative estimate of drug-likeness (QED) is 0.511. The number of hydrogen-bond donors (Lipinski definition) is 0. The molecule has 2 unspecified atom stereocenters. The molecular weight excluding hydrogens is 445 g/mol. The maximum atomic E-state index is 14.3. The van der Waals surface area contributed by atoms with Gasteiger partial charge in [-0.15, -0.1) is 5.10 Å². The lowest BCUT2D eigenvalue weighted by molar-refractivity contribution is -0.300. The number of fused-ring (bicyclic) bond motifs is 3. The van der Waals surface area contributed by atoms with E-state index in [9.17, 15) is 18.0 Å². The Morgan fingerprint density at radius 1 is 1.06 bits per heavy atom. The van der Waals surface area contributed by atoms with Crippen LogP contribution in [0, 0.1) is 6.92 Å². The van der Waals surface area contributed by atoms with Crippen LogP contribution in [0.5, 0.6) is 0 Å². The summed E-state index contributed by atoms with van der Waals surface area (Å²) in [5, 5.41) is 4.34. The predicted molar refractivity (Wildman–Crippen MR) is 122 cm³/mol. The van der Waals surface area contributed by atoms with E-state index in [4.69, 9.17) is 4.74 Å². The van der Waals surface area contributed by atoms with Gasteiger partial charge in [-0.25, -0.2) is 9.48 Å². The molecule has 0 aliphatic carbocycles. The molecule has 0 amide bonds. The van der Waals surface area contributed by atoms with Crippen molar-refractivity contribution in [2.45, 2.75) is 76.0 Å². The van der Waals surface area contributed by atoms with Crippen LogP contribution in [0.4, 0.5) is 13.2 Å². The molecule has 5 rings (SSSR count). The Hall–Kier alpha value is -2.65. The number of benzene rings is 1. The molecule has 0 spiro atoms. The fourth-order valence-corrected chi connectivity index (χ4v) is 5.60. The first-order chi connectivity index (χ1) is 16.3. The van der Waals surface area contributed by atoms with Gasteiger partial charge in [-0.3, -0.25) is 9.30 Å². The highest BCUT2D eigenvalue weighted by atomic mass is 19.4. The molecule has 2 atom stereocenters. The summed E-state index contributed by atoms with van der Waals surface area (Å²) in [6, 6.07) is 12.4. The summed E-state index contributed by atoms with van der Waals surface area (Å²) in [4.78, 5) is 14.7. The van der Waals surface area contributed by atoms with Crippen molar-refractivity contribution in [3.8, 4) is 0 Å². The lowest BCUT2D eigenvalue weighted by Crippen LogP contribution is -2.59. The molecule has 2 aromatic heterocycles. The van der Waals surface area contributed by atoms with Crippen LogP contribution in [0.25, 0.3) is 5.65 Å². The van der Waals surface area contributed by atoms with Crippen LogP contribution in [0.1, 0.15) is 43.2 Å². The molecule has 34 heavy (non-hydrogen) atoms. The SMILES string of the molecule is Cc1ccccc1COC1(C(F)(F)F)CC2CCC(C1)N2CCCn1nc2ccccn2c1=O. The standard InChI is InChI=1S/C25H29F3N4O2/c1-18-7-2-3-8-19(18)17-34-24(25(26,27)28)15-20-10-11-21(16-24)30(20)13-6-14-32-23(33)31-12-5-4-9-22(31)29-32/h2-5,7-9,12,20-21H,6,10-11,13-17H2,1H3. The first-order valence-corrected chi connectivity index (χ1v) is 11.8. The Labute approximate surface area is 195 Å². The highest BCUT2D eigenvalue weighted by molar-refractivity contribution is 5.35. The molecule has 2 aliphatic rings. The molecule has 182 valence electrons. The third-order valence-electron chi connectivity index (χ3n) is 7.46. The Morgan fingerprint density at radius 3 is 2.44 bits per heavy atom. The van der Waals surface area contributed by atoms with Crippen LogP contribution < -0.4 is 5.69 Å². The van der Waals surface area contributed by atoms with Crippen LogP contribution in [0.2, 0.25) is 0 Å². The van der Waals surface area contributed by atoms with Gasteiger partial charge in [0.25, 0.3) is 0 Å². The summed E-state index contributed by atoms with van der Waals surface area (Å²) in [5.74, 6) is 0. The second-order valence-electron chi connectivity index (χ2n) is 9.53. The van der Waals surface area contributed by atoms with Gasteiger partial charge in [0, 0.05) is 44.2 Å². The Morgan fingerprint density at radius 2 is 1.76 bits per heavy atom. The smallest absolute Gasteiger partial charge is 0.361 e. The normalized spacial score (nSPS) is 25.3. The third kappa shape index (κ3) is 4.15. The molecule has 4 heterocycles. The van der Waals surface area contributed by atoms with Gasteiger partial charge in [-0.2, -0.15) is 13.2 Å². The molecule has 0 N–H and O–H groups in total. The number of rotatable bonds is 7. The van der Waals surface area contributed by atoms with Gasteiger partial charge in [-0.05, 0) is 49.4 Å². The van der Waals surface area contributed by atoms with Crippen molar-refractivity contribution in [2.24, 2.45) is 0 Å². The average Bonchev–Trinajstić information content (AvgIpc) is 3.24. The van der Waals surface area contributed by atoms with Crippen molar-refractivity contribution >= 4 is 5.65 Å². The highest BCUT2D eigenvalue weighted by Gasteiger charge is 2.62. The summed E-state index contributed by atoms with van der Waals surface area (Å²) < 4.78 is 51.7. The van der Waals surface area contributed by atoms with Gasteiger partial charge >= 0.3 is 11.9 Å². The van der Waals surface area contributed by atoms with Crippen molar-refractivity contribution in [2.75, 3.05) is 6.54 Å². The molecule has 2 fully saturated rings. The number of halogens is 3.